The number of rotatable bonds is 2. The predicted octanol–water partition coefficient (Wildman–Crippen LogP) is 1.45. The molecule has 2 aromatic heterocycles. The Labute approximate surface area is 99.9 Å². The molecule has 2 aromatic rings. The molecule has 1 atom stereocenters. The van der Waals surface area contributed by atoms with Crippen LogP contribution in [0.5, 0.6) is 0 Å². The van der Waals surface area contributed by atoms with Gasteiger partial charge in [-0.3, -0.25) is 0 Å². The summed E-state index contributed by atoms with van der Waals surface area (Å²) in [6.07, 6.45) is 4.60. The molecule has 0 saturated heterocycles. The van der Waals surface area contributed by atoms with Crippen molar-refractivity contribution in [1.82, 2.24) is 9.55 Å². The molecule has 4 heteroatoms. The highest BCUT2D eigenvalue weighted by Gasteiger charge is 2.23. The minimum Gasteiger partial charge on any atom is -0.469 e. The van der Waals surface area contributed by atoms with Crippen LogP contribution in [0, 0.1) is 0 Å². The number of hydrogen-bond acceptors (Lipinski definition) is 3. The summed E-state index contributed by atoms with van der Waals surface area (Å²) in [5, 5.41) is 9.69. The number of aromatic nitrogens is 2. The van der Waals surface area contributed by atoms with Crippen LogP contribution in [0.25, 0.3) is 0 Å². The second-order valence-electron chi connectivity index (χ2n) is 4.63. The first-order chi connectivity index (χ1) is 8.24. The van der Waals surface area contributed by atoms with Crippen LogP contribution in [0.4, 0.5) is 0 Å². The number of fused-ring (bicyclic) bond motifs is 1. The molecule has 1 aliphatic rings. The van der Waals surface area contributed by atoms with Crippen molar-refractivity contribution in [1.29, 1.82) is 0 Å². The summed E-state index contributed by atoms with van der Waals surface area (Å²) < 4.78 is 7.44. The number of nitrogens with zero attached hydrogens (tertiary/aromatic N) is 2. The minimum atomic E-state index is -0.214. The summed E-state index contributed by atoms with van der Waals surface area (Å²) in [5.74, 6) is 1.94. The van der Waals surface area contributed by atoms with Crippen LogP contribution < -0.4 is 0 Å². The lowest BCUT2D eigenvalue weighted by atomic mass is 9.98. The molecular formula is C13H16N2O2. The third kappa shape index (κ3) is 1.89. The van der Waals surface area contributed by atoms with Crippen molar-refractivity contribution in [2.75, 3.05) is 0 Å². The fourth-order valence-corrected chi connectivity index (χ4v) is 2.46. The molecule has 3 rings (SSSR count). The van der Waals surface area contributed by atoms with Gasteiger partial charge < -0.3 is 14.1 Å². The maximum Gasteiger partial charge on any atom is 0.116 e. The summed E-state index contributed by atoms with van der Waals surface area (Å²) in [4.78, 5) is 4.65. The van der Waals surface area contributed by atoms with E-state index in [1.165, 1.54) is 5.69 Å². The Morgan fingerprint density at radius 1 is 1.59 bits per heavy atom. The monoisotopic (exact) mass is 232 g/mol. The molecule has 1 aliphatic carbocycles. The first kappa shape index (κ1) is 10.6. The van der Waals surface area contributed by atoms with Crippen molar-refractivity contribution >= 4 is 0 Å². The van der Waals surface area contributed by atoms with E-state index in [0.717, 1.165) is 36.5 Å². The molecule has 1 unspecified atom stereocenters. The SMILES string of the molecule is Cn1c(Cc2ccco2)nc2c1CC(O)CC2. The Bertz CT molecular complexity index is 514. The highest BCUT2D eigenvalue weighted by atomic mass is 16.3. The molecule has 0 amide bonds. The molecule has 4 nitrogen and oxygen atoms in total. The molecule has 0 aromatic carbocycles. The molecule has 17 heavy (non-hydrogen) atoms. The molecule has 2 heterocycles. The highest BCUT2D eigenvalue weighted by Crippen LogP contribution is 2.22. The Kier molecular flexibility index (Phi) is 2.52. The van der Waals surface area contributed by atoms with Crippen LogP contribution >= 0.6 is 0 Å². The van der Waals surface area contributed by atoms with Gasteiger partial charge in [0, 0.05) is 19.2 Å². The van der Waals surface area contributed by atoms with Gasteiger partial charge in [0.15, 0.2) is 0 Å². The van der Waals surface area contributed by atoms with E-state index in [2.05, 4.69) is 9.55 Å². The van der Waals surface area contributed by atoms with Gasteiger partial charge in [-0.05, 0) is 25.0 Å². The molecule has 1 N–H and O–H groups in total. The van der Waals surface area contributed by atoms with Gasteiger partial charge in [0.2, 0.25) is 0 Å². The Hall–Kier alpha value is -1.55. The Morgan fingerprint density at radius 2 is 2.47 bits per heavy atom. The predicted molar refractivity (Wildman–Crippen MR) is 62.8 cm³/mol. The highest BCUT2D eigenvalue weighted by molar-refractivity contribution is 5.23. The fraction of sp³-hybridized carbons (Fsp3) is 0.462. The third-order valence-corrected chi connectivity index (χ3v) is 3.44. The summed E-state index contributed by atoms with van der Waals surface area (Å²) in [7, 11) is 2.02. The summed E-state index contributed by atoms with van der Waals surface area (Å²) >= 11 is 0. The van der Waals surface area contributed by atoms with E-state index in [9.17, 15) is 5.11 Å². The average molecular weight is 232 g/mol. The van der Waals surface area contributed by atoms with Gasteiger partial charge in [0.1, 0.15) is 11.6 Å². The van der Waals surface area contributed by atoms with Gasteiger partial charge >= 0.3 is 0 Å². The van der Waals surface area contributed by atoms with Gasteiger partial charge in [0.25, 0.3) is 0 Å². The fourth-order valence-electron chi connectivity index (χ4n) is 2.46. The van der Waals surface area contributed by atoms with Crippen LogP contribution in [0.15, 0.2) is 22.8 Å². The van der Waals surface area contributed by atoms with Crippen molar-refractivity contribution < 1.29 is 9.52 Å². The van der Waals surface area contributed by atoms with Crippen LogP contribution in [-0.4, -0.2) is 20.8 Å². The average Bonchev–Trinajstić information content (AvgIpc) is 2.91. The third-order valence-electron chi connectivity index (χ3n) is 3.44. The quantitative estimate of drug-likeness (QED) is 0.852. The van der Waals surface area contributed by atoms with Crippen molar-refractivity contribution in [2.45, 2.75) is 31.8 Å². The van der Waals surface area contributed by atoms with Gasteiger partial charge in [-0.1, -0.05) is 0 Å². The Balaban J connectivity index is 1.91. The minimum absolute atomic E-state index is 0.214. The second-order valence-corrected chi connectivity index (χ2v) is 4.63. The van der Waals surface area contributed by atoms with Crippen molar-refractivity contribution in [3.8, 4) is 0 Å². The second kappa shape index (κ2) is 4.04. The number of aryl methyl sites for hydroxylation is 1. The first-order valence-corrected chi connectivity index (χ1v) is 5.98. The van der Waals surface area contributed by atoms with E-state index in [1.807, 2.05) is 19.2 Å². The lowest BCUT2D eigenvalue weighted by Crippen LogP contribution is -2.20. The topological polar surface area (TPSA) is 51.2 Å². The van der Waals surface area contributed by atoms with E-state index in [1.54, 1.807) is 6.26 Å². The van der Waals surface area contributed by atoms with Crippen LogP contribution in [0.3, 0.4) is 0 Å². The lowest BCUT2D eigenvalue weighted by molar-refractivity contribution is 0.155. The van der Waals surface area contributed by atoms with Crippen LogP contribution in [0.1, 0.15) is 29.4 Å². The number of hydrogen-bond donors (Lipinski definition) is 1. The summed E-state index contributed by atoms with van der Waals surface area (Å²) in [6.45, 7) is 0. The van der Waals surface area contributed by atoms with Gasteiger partial charge in [-0.25, -0.2) is 4.98 Å². The molecule has 90 valence electrons. The normalized spacial score (nSPS) is 19.3. The van der Waals surface area contributed by atoms with Gasteiger partial charge in [0.05, 0.1) is 24.5 Å². The zero-order valence-electron chi connectivity index (χ0n) is 9.89. The summed E-state index contributed by atoms with van der Waals surface area (Å²) in [6, 6.07) is 3.85. The standard InChI is InChI=1S/C13H16N2O2/c1-15-12-7-9(16)4-5-11(12)14-13(15)8-10-3-2-6-17-10/h2-3,6,9,16H,4-5,7-8H2,1H3. The maximum atomic E-state index is 9.69. The molecule has 0 radical (unpaired) electrons. The van der Waals surface area contributed by atoms with Crippen molar-refractivity contribution in [3.05, 3.63) is 41.4 Å². The van der Waals surface area contributed by atoms with Crippen LogP contribution in [0.2, 0.25) is 0 Å². The molecule has 0 spiro atoms. The largest absolute Gasteiger partial charge is 0.469 e. The first-order valence-electron chi connectivity index (χ1n) is 5.98. The van der Waals surface area contributed by atoms with Crippen molar-refractivity contribution in [3.63, 3.8) is 0 Å². The van der Waals surface area contributed by atoms with E-state index >= 15 is 0 Å². The van der Waals surface area contributed by atoms with Crippen LogP contribution in [-0.2, 0) is 26.3 Å². The molecule has 0 bridgehead atoms. The number of aliphatic hydroxyl groups is 1. The number of imidazole rings is 1. The van der Waals surface area contributed by atoms with E-state index in [-0.39, 0.29) is 6.10 Å². The molecule has 0 saturated carbocycles. The smallest absolute Gasteiger partial charge is 0.116 e. The van der Waals surface area contributed by atoms with Gasteiger partial charge in [-0.2, -0.15) is 0 Å². The zero-order valence-corrected chi connectivity index (χ0v) is 9.89. The molecule has 0 aliphatic heterocycles. The maximum absolute atomic E-state index is 9.69. The van der Waals surface area contributed by atoms with Crippen molar-refractivity contribution in [2.24, 2.45) is 7.05 Å². The Morgan fingerprint density at radius 3 is 3.24 bits per heavy atom. The summed E-state index contributed by atoms with van der Waals surface area (Å²) in [5.41, 5.74) is 2.31. The molecule has 0 fully saturated rings. The van der Waals surface area contributed by atoms with E-state index in [4.69, 9.17) is 4.42 Å². The van der Waals surface area contributed by atoms with E-state index < -0.39 is 0 Å². The number of aliphatic hydroxyl groups excluding tert-OH is 1. The van der Waals surface area contributed by atoms with E-state index in [0.29, 0.717) is 6.42 Å². The zero-order chi connectivity index (χ0) is 11.8. The number of furan rings is 1. The molecular weight excluding hydrogens is 216 g/mol. The van der Waals surface area contributed by atoms with Gasteiger partial charge in [-0.15, -0.1) is 0 Å². The lowest BCUT2D eigenvalue weighted by Gasteiger charge is -2.17.